The lowest BCUT2D eigenvalue weighted by Crippen LogP contribution is -1.95. The Hall–Kier alpha value is -1.36. The SMILES string of the molecule is Cc1nn(C)c(C)c1Oc1ncccc1CBr. The Morgan fingerprint density at radius 1 is 1.41 bits per heavy atom. The summed E-state index contributed by atoms with van der Waals surface area (Å²) in [6, 6.07) is 3.88. The van der Waals surface area contributed by atoms with E-state index in [0.29, 0.717) is 11.2 Å². The van der Waals surface area contributed by atoms with Crippen molar-refractivity contribution >= 4 is 15.9 Å². The molecule has 0 aliphatic heterocycles. The van der Waals surface area contributed by atoms with Crippen LogP contribution in [0.2, 0.25) is 0 Å². The summed E-state index contributed by atoms with van der Waals surface area (Å²) in [4.78, 5) is 4.25. The fourth-order valence-corrected chi connectivity index (χ4v) is 2.04. The summed E-state index contributed by atoms with van der Waals surface area (Å²) in [5, 5.41) is 5.03. The molecule has 90 valence electrons. The number of aryl methyl sites for hydroxylation is 2. The van der Waals surface area contributed by atoms with Crippen molar-refractivity contribution < 1.29 is 4.74 Å². The highest BCUT2D eigenvalue weighted by molar-refractivity contribution is 9.08. The number of pyridine rings is 1. The highest BCUT2D eigenvalue weighted by Gasteiger charge is 2.13. The van der Waals surface area contributed by atoms with Crippen molar-refractivity contribution in [2.24, 2.45) is 7.05 Å². The highest BCUT2D eigenvalue weighted by atomic mass is 79.9. The van der Waals surface area contributed by atoms with Gasteiger partial charge in [-0.15, -0.1) is 0 Å². The molecule has 0 aliphatic rings. The summed E-state index contributed by atoms with van der Waals surface area (Å²) in [7, 11) is 1.90. The lowest BCUT2D eigenvalue weighted by atomic mass is 10.3. The van der Waals surface area contributed by atoms with Gasteiger partial charge in [0.2, 0.25) is 5.88 Å². The fraction of sp³-hybridized carbons (Fsp3) is 0.333. The summed E-state index contributed by atoms with van der Waals surface area (Å²) >= 11 is 3.42. The van der Waals surface area contributed by atoms with Crippen LogP contribution in [0.4, 0.5) is 0 Å². The summed E-state index contributed by atoms with van der Waals surface area (Å²) in [5.74, 6) is 1.41. The standard InChI is InChI=1S/C12H14BrN3O/c1-8-11(9(2)16(3)15-8)17-12-10(7-13)5-4-6-14-12/h4-6H,7H2,1-3H3. The first-order valence-electron chi connectivity index (χ1n) is 5.31. The van der Waals surface area contributed by atoms with Crippen molar-refractivity contribution in [3.8, 4) is 11.6 Å². The van der Waals surface area contributed by atoms with Crippen LogP contribution in [0.25, 0.3) is 0 Å². The number of rotatable bonds is 3. The molecule has 0 spiro atoms. The molecule has 0 radical (unpaired) electrons. The zero-order chi connectivity index (χ0) is 12.4. The second-order valence-electron chi connectivity index (χ2n) is 3.83. The number of aromatic nitrogens is 3. The van der Waals surface area contributed by atoms with Crippen molar-refractivity contribution in [1.29, 1.82) is 0 Å². The van der Waals surface area contributed by atoms with E-state index in [0.717, 1.165) is 22.7 Å². The minimum atomic E-state index is 0.628. The third-order valence-corrected chi connectivity index (χ3v) is 3.24. The maximum atomic E-state index is 5.86. The van der Waals surface area contributed by atoms with Crippen molar-refractivity contribution in [2.75, 3.05) is 0 Å². The predicted molar refractivity (Wildman–Crippen MR) is 69.6 cm³/mol. The third-order valence-electron chi connectivity index (χ3n) is 2.64. The Morgan fingerprint density at radius 3 is 2.76 bits per heavy atom. The van der Waals surface area contributed by atoms with Crippen LogP contribution in [0.5, 0.6) is 11.6 Å². The van der Waals surface area contributed by atoms with E-state index in [1.807, 2.05) is 33.0 Å². The average molecular weight is 296 g/mol. The van der Waals surface area contributed by atoms with Crippen molar-refractivity contribution in [3.05, 3.63) is 35.3 Å². The van der Waals surface area contributed by atoms with Crippen LogP contribution in [0.1, 0.15) is 17.0 Å². The molecule has 0 amide bonds. The Kier molecular flexibility index (Phi) is 3.47. The quantitative estimate of drug-likeness (QED) is 0.817. The Morgan fingerprint density at radius 2 is 2.18 bits per heavy atom. The topological polar surface area (TPSA) is 39.9 Å². The largest absolute Gasteiger partial charge is 0.435 e. The molecule has 0 N–H and O–H groups in total. The zero-order valence-electron chi connectivity index (χ0n) is 10.1. The van der Waals surface area contributed by atoms with E-state index in [1.165, 1.54) is 0 Å². The summed E-state index contributed by atoms with van der Waals surface area (Å²) in [6.07, 6.45) is 1.72. The van der Waals surface area contributed by atoms with Gasteiger partial charge in [0.25, 0.3) is 0 Å². The molecule has 0 unspecified atom stereocenters. The predicted octanol–water partition coefficient (Wildman–Crippen LogP) is 3.12. The zero-order valence-corrected chi connectivity index (χ0v) is 11.7. The van der Waals surface area contributed by atoms with E-state index in [-0.39, 0.29) is 0 Å². The lowest BCUT2D eigenvalue weighted by molar-refractivity contribution is 0.451. The van der Waals surface area contributed by atoms with Gasteiger partial charge in [0.15, 0.2) is 5.75 Å². The summed E-state index contributed by atoms with van der Waals surface area (Å²) in [6.45, 7) is 3.91. The summed E-state index contributed by atoms with van der Waals surface area (Å²) in [5.41, 5.74) is 2.89. The molecule has 0 fully saturated rings. The van der Waals surface area contributed by atoms with Crippen molar-refractivity contribution in [1.82, 2.24) is 14.8 Å². The molecule has 0 atom stereocenters. The molecule has 2 aromatic heterocycles. The molecule has 17 heavy (non-hydrogen) atoms. The second-order valence-corrected chi connectivity index (χ2v) is 4.39. The van der Waals surface area contributed by atoms with E-state index in [9.17, 15) is 0 Å². The molecule has 5 heteroatoms. The smallest absolute Gasteiger partial charge is 0.223 e. The number of hydrogen-bond acceptors (Lipinski definition) is 3. The normalized spacial score (nSPS) is 10.6. The van der Waals surface area contributed by atoms with Crippen molar-refractivity contribution in [2.45, 2.75) is 19.2 Å². The molecule has 0 aromatic carbocycles. The van der Waals surface area contributed by atoms with Gasteiger partial charge in [0, 0.05) is 24.1 Å². The molecule has 2 aromatic rings. The van der Waals surface area contributed by atoms with Crippen LogP contribution in [0.15, 0.2) is 18.3 Å². The lowest BCUT2D eigenvalue weighted by Gasteiger charge is -2.08. The number of hydrogen-bond donors (Lipinski definition) is 0. The van der Waals surface area contributed by atoms with Crippen LogP contribution >= 0.6 is 15.9 Å². The molecule has 0 bridgehead atoms. The van der Waals surface area contributed by atoms with Gasteiger partial charge in [-0.05, 0) is 19.9 Å². The molecule has 2 rings (SSSR count). The minimum Gasteiger partial charge on any atom is -0.435 e. The number of halogens is 1. The van der Waals surface area contributed by atoms with Gasteiger partial charge in [-0.2, -0.15) is 5.10 Å². The maximum absolute atomic E-state index is 5.86. The maximum Gasteiger partial charge on any atom is 0.223 e. The van der Waals surface area contributed by atoms with Crippen LogP contribution in [0.3, 0.4) is 0 Å². The molecule has 0 aliphatic carbocycles. The number of nitrogens with zero attached hydrogens (tertiary/aromatic N) is 3. The van der Waals surface area contributed by atoms with Gasteiger partial charge >= 0.3 is 0 Å². The molecule has 4 nitrogen and oxygen atoms in total. The van der Waals surface area contributed by atoms with Crippen LogP contribution in [-0.4, -0.2) is 14.8 Å². The van der Waals surface area contributed by atoms with Gasteiger partial charge < -0.3 is 4.74 Å². The van der Waals surface area contributed by atoms with Gasteiger partial charge in [-0.1, -0.05) is 22.0 Å². The molecule has 0 saturated carbocycles. The van der Waals surface area contributed by atoms with Gasteiger partial charge in [-0.3, -0.25) is 4.68 Å². The molecular weight excluding hydrogens is 282 g/mol. The second kappa shape index (κ2) is 4.87. The average Bonchev–Trinajstić information content (AvgIpc) is 2.57. The third kappa shape index (κ3) is 2.34. The van der Waals surface area contributed by atoms with E-state index >= 15 is 0 Å². The van der Waals surface area contributed by atoms with Crippen LogP contribution in [0, 0.1) is 13.8 Å². The molecule has 2 heterocycles. The van der Waals surface area contributed by atoms with Crippen LogP contribution in [-0.2, 0) is 12.4 Å². The Bertz CT molecular complexity index is 537. The number of ether oxygens (including phenoxy) is 1. The molecule has 0 saturated heterocycles. The first kappa shape index (κ1) is 12.1. The van der Waals surface area contributed by atoms with Gasteiger partial charge in [0.05, 0.1) is 5.69 Å². The van der Waals surface area contributed by atoms with Crippen molar-refractivity contribution in [3.63, 3.8) is 0 Å². The molecular formula is C12H14BrN3O. The van der Waals surface area contributed by atoms with Crippen LogP contribution < -0.4 is 4.74 Å². The summed E-state index contributed by atoms with van der Waals surface area (Å²) < 4.78 is 7.67. The highest BCUT2D eigenvalue weighted by Crippen LogP contribution is 2.29. The first-order valence-corrected chi connectivity index (χ1v) is 6.43. The minimum absolute atomic E-state index is 0.628. The Balaban J connectivity index is 2.38. The van der Waals surface area contributed by atoms with E-state index in [1.54, 1.807) is 10.9 Å². The van der Waals surface area contributed by atoms with Gasteiger partial charge in [0.1, 0.15) is 5.69 Å². The monoisotopic (exact) mass is 295 g/mol. The fourth-order valence-electron chi connectivity index (χ4n) is 1.62. The first-order chi connectivity index (χ1) is 8.13. The Labute approximate surface area is 109 Å². The van der Waals surface area contributed by atoms with Gasteiger partial charge in [-0.25, -0.2) is 4.98 Å². The van der Waals surface area contributed by atoms with E-state index in [4.69, 9.17) is 4.74 Å². The number of alkyl halides is 1. The van der Waals surface area contributed by atoms with E-state index < -0.39 is 0 Å². The van der Waals surface area contributed by atoms with E-state index in [2.05, 4.69) is 26.0 Å².